The summed E-state index contributed by atoms with van der Waals surface area (Å²) in [6.45, 7) is 10.1. The lowest BCUT2D eigenvalue weighted by Crippen LogP contribution is -2.56. The molecule has 2 unspecified atom stereocenters. The van der Waals surface area contributed by atoms with Crippen LogP contribution in [0.15, 0.2) is 24.3 Å². The Hall–Kier alpha value is -0.570. The van der Waals surface area contributed by atoms with Gasteiger partial charge in [-0.15, -0.1) is 0 Å². The highest BCUT2D eigenvalue weighted by atomic mass is 35.5. The number of halogens is 1. The van der Waals surface area contributed by atoms with Crippen LogP contribution in [-0.4, -0.2) is 30.1 Å². The molecule has 0 radical (unpaired) electrons. The molecule has 112 valence electrons. The monoisotopic (exact) mass is 294 g/mol. The Morgan fingerprint density at radius 2 is 2.10 bits per heavy atom. The van der Waals surface area contributed by atoms with Crippen LogP contribution < -0.4 is 5.32 Å². The van der Waals surface area contributed by atoms with Gasteiger partial charge in [0.2, 0.25) is 0 Å². The van der Waals surface area contributed by atoms with E-state index < -0.39 is 0 Å². The summed E-state index contributed by atoms with van der Waals surface area (Å²) in [5, 5.41) is 4.60. The number of nitrogens with one attached hydrogen (secondary N) is 1. The third-order valence-corrected chi connectivity index (χ3v) is 4.54. The van der Waals surface area contributed by atoms with Crippen molar-refractivity contribution in [3.8, 4) is 0 Å². The second kappa shape index (κ2) is 7.44. The molecule has 0 saturated carbocycles. The molecule has 0 bridgehead atoms. The summed E-state index contributed by atoms with van der Waals surface area (Å²) >= 11 is 6.31. The second-order valence-corrected chi connectivity index (χ2v) is 6.72. The summed E-state index contributed by atoms with van der Waals surface area (Å²) in [6.07, 6.45) is 2.43. The number of piperazine rings is 1. The Balaban J connectivity index is 2.03. The summed E-state index contributed by atoms with van der Waals surface area (Å²) in [5.41, 5.74) is 1.25. The first-order chi connectivity index (χ1) is 9.60. The van der Waals surface area contributed by atoms with Crippen LogP contribution in [0.2, 0.25) is 5.02 Å². The molecule has 1 aromatic carbocycles. The largest absolute Gasteiger partial charge is 0.311 e. The molecule has 3 heteroatoms. The van der Waals surface area contributed by atoms with E-state index >= 15 is 0 Å². The first kappa shape index (κ1) is 15.8. The molecule has 2 nitrogen and oxygen atoms in total. The van der Waals surface area contributed by atoms with Crippen molar-refractivity contribution in [3.05, 3.63) is 34.9 Å². The van der Waals surface area contributed by atoms with Gasteiger partial charge < -0.3 is 5.32 Å². The first-order valence-corrected chi connectivity index (χ1v) is 8.18. The van der Waals surface area contributed by atoms with Crippen LogP contribution in [0, 0.1) is 5.92 Å². The Morgan fingerprint density at radius 3 is 2.75 bits per heavy atom. The fourth-order valence-electron chi connectivity index (χ4n) is 3.10. The fourth-order valence-corrected chi connectivity index (χ4v) is 3.29. The van der Waals surface area contributed by atoms with Gasteiger partial charge in [-0.05, 0) is 30.4 Å². The van der Waals surface area contributed by atoms with Crippen molar-refractivity contribution in [1.82, 2.24) is 10.2 Å². The lowest BCUT2D eigenvalue weighted by molar-refractivity contribution is 0.111. The zero-order chi connectivity index (χ0) is 14.5. The molecule has 0 amide bonds. The van der Waals surface area contributed by atoms with Crippen molar-refractivity contribution in [2.45, 2.75) is 52.2 Å². The number of nitrogens with zero attached hydrogens (tertiary/aromatic N) is 1. The van der Waals surface area contributed by atoms with Gasteiger partial charge in [-0.2, -0.15) is 0 Å². The topological polar surface area (TPSA) is 15.3 Å². The minimum Gasteiger partial charge on any atom is -0.311 e. The van der Waals surface area contributed by atoms with Gasteiger partial charge in [-0.25, -0.2) is 0 Å². The van der Waals surface area contributed by atoms with Crippen LogP contribution in [0.5, 0.6) is 0 Å². The average Bonchev–Trinajstić information content (AvgIpc) is 2.41. The van der Waals surface area contributed by atoms with E-state index in [0.29, 0.717) is 12.1 Å². The Morgan fingerprint density at radius 1 is 1.35 bits per heavy atom. The fraction of sp³-hybridized carbons (Fsp3) is 0.647. The second-order valence-electron chi connectivity index (χ2n) is 6.32. The number of hydrogen-bond donors (Lipinski definition) is 1. The van der Waals surface area contributed by atoms with Gasteiger partial charge in [0.15, 0.2) is 0 Å². The maximum absolute atomic E-state index is 6.31. The van der Waals surface area contributed by atoms with Crippen molar-refractivity contribution in [2.75, 3.05) is 13.1 Å². The zero-order valence-corrected chi connectivity index (χ0v) is 13.7. The van der Waals surface area contributed by atoms with E-state index in [1.807, 2.05) is 12.1 Å². The third kappa shape index (κ3) is 4.21. The van der Waals surface area contributed by atoms with E-state index in [1.165, 1.54) is 18.4 Å². The Labute approximate surface area is 128 Å². The van der Waals surface area contributed by atoms with E-state index in [4.69, 9.17) is 11.6 Å². The molecule has 2 atom stereocenters. The molecule has 0 aromatic heterocycles. The van der Waals surface area contributed by atoms with E-state index in [9.17, 15) is 0 Å². The summed E-state index contributed by atoms with van der Waals surface area (Å²) in [6, 6.07) is 9.45. The van der Waals surface area contributed by atoms with E-state index in [0.717, 1.165) is 30.6 Å². The van der Waals surface area contributed by atoms with Crippen molar-refractivity contribution in [3.63, 3.8) is 0 Å². The molecule has 1 saturated heterocycles. The molecule has 0 spiro atoms. The Kier molecular flexibility index (Phi) is 5.88. The van der Waals surface area contributed by atoms with E-state index in [-0.39, 0.29) is 0 Å². The minimum atomic E-state index is 0.611. The van der Waals surface area contributed by atoms with Crippen LogP contribution in [0.1, 0.15) is 39.2 Å². The summed E-state index contributed by atoms with van der Waals surface area (Å²) in [4.78, 5) is 2.60. The highest BCUT2D eigenvalue weighted by Crippen LogP contribution is 2.22. The molecule has 1 aliphatic heterocycles. The van der Waals surface area contributed by atoms with Crippen molar-refractivity contribution >= 4 is 11.6 Å². The molecule has 2 rings (SSSR count). The molecule has 1 aliphatic rings. The maximum atomic E-state index is 6.31. The Bertz CT molecular complexity index is 419. The van der Waals surface area contributed by atoms with Crippen LogP contribution in [0.3, 0.4) is 0 Å². The minimum absolute atomic E-state index is 0.611. The SMILES string of the molecule is CCC1CNC(CC(C)C)CN1Cc1ccccc1Cl. The zero-order valence-electron chi connectivity index (χ0n) is 12.9. The molecule has 1 aromatic rings. The van der Waals surface area contributed by atoms with Crippen LogP contribution in [-0.2, 0) is 6.54 Å². The third-order valence-electron chi connectivity index (χ3n) is 4.17. The van der Waals surface area contributed by atoms with Crippen molar-refractivity contribution in [1.29, 1.82) is 0 Å². The van der Waals surface area contributed by atoms with Crippen molar-refractivity contribution < 1.29 is 0 Å². The number of rotatable bonds is 5. The maximum Gasteiger partial charge on any atom is 0.0451 e. The van der Waals surface area contributed by atoms with Crippen LogP contribution in [0.4, 0.5) is 0 Å². The predicted octanol–water partition coefficient (Wildman–Crippen LogP) is 3.94. The first-order valence-electron chi connectivity index (χ1n) is 7.81. The van der Waals surface area contributed by atoms with Gasteiger partial charge in [-0.3, -0.25) is 4.90 Å². The molecule has 0 aliphatic carbocycles. The number of benzene rings is 1. The molecular formula is C17H27ClN2. The number of hydrogen-bond acceptors (Lipinski definition) is 2. The van der Waals surface area contributed by atoms with E-state index in [1.54, 1.807) is 0 Å². The van der Waals surface area contributed by atoms with Gasteiger partial charge in [0.25, 0.3) is 0 Å². The molecule has 20 heavy (non-hydrogen) atoms. The highest BCUT2D eigenvalue weighted by Gasteiger charge is 2.27. The van der Waals surface area contributed by atoms with Gasteiger partial charge in [-0.1, -0.05) is 50.6 Å². The van der Waals surface area contributed by atoms with Gasteiger partial charge in [0.05, 0.1) is 0 Å². The van der Waals surface area contributed by atoms with Gasteiger partial charge in [0.1, 0.15) is 0 Å². The molecule has 1 fully saturated rings. The standard InChI is InChI=1S/C17H27ClN2/c1-4-16-10-19-15(9-13(2)3)12-20(16)11-14-7-5-6-8-17(14)18/h5-8,13,15-16,19H,4,9-12H2,1-3H3. The normalized spacial score (nSPS) is 24.2. The summed E-state index contributed by atoms with van der Waals surface area (Å²) in [5.74, 6) is 0.743. The predicted molar refractivity (Wildman–Crippen MR) is 87.2 cm³/mol. The van der Waals surface area contributed by atoms with Crippen molar-refractivity contribution in [2.24, 2.45) is 5.92 Å². The smallest absolute Gasteiger partial charge is 0.0451 e. The summed E-state index contributed by atoms with van der Waals surface area (Å²) in [7, 11) is 0. The molecule has 1 heterocycles. The average molecular weight is 295 g/mol. The van der Waals surface area contributed by atoms with Gasteiger partial charge >= 0.3 is 0 Å². The van der Waals surface area contributed by atoms with Crippen LogP contribution >= 0.6 is 11.6 Å². The highest BCUT2D eigenvalue weighted by molar-refractivity contribution is 6.31. The molecule has 1 N–H and O–H groups in total. The van der Waals surface area contributed by atoms with Crippen LogP contribution in [0.25, 0.3) is 0 Å². The molecular weight excluding hydrogens is 268 g/mol. The summed E-state index contributed by atoms with van der Waals surface area (Å²) < 4.78 is 0. The van der Waals surface area contributed by atoms with Gasteiger partial charge in [0, 0.05) is 36.7 Å². The van der Waals surface area contributed by atoms with E-state index in [2.05, 4.69) is 43.1 Å². The lowest BCUT2D eigenvalue weighted by atomic mass is 9.98. The lowest BCUT2D eigenvalue weighted by Gasteiger charge is -2.41. The quantitative estimate of drug-likeness (QED) is 0.885.